The lowest BCUT2D eigenvalue weighted by molar-refractivity contribution is -0.124. The predicted octanol–water partition coefficient (Wildman–Crippen LogP) is 2.91. The lowest BCUT2D eigenvalue weighted by Crippen LogP contribution is -2.49. The Morgan fingerprint density at radius 1 is 1.29 bits per heavy atom. The second-order valence-corrected chi connectivity index (χ2v) is 9.84. The highest BCUT2D eigenvalue weighted by molar-refractivity contribution is 6.04. The van der Waals surface area contributed by atoms with Gasteiger partial charge in [0.15, 0.2) is 5.69 Å². The molecule has 1 saturated heterocycles. The summed E-state index contributed by atoms with van der Waals surface area (Å²) in [6.07, 6.45) is 4.50. The van der Waals surface area contributed by atoms with Crippen molar-refractivity contribution in [1.29, 1.82) is 0 Å². The van der Waals surface area contributed by atoms with Crippen molar-refractivity contribution >= 4 is 18.0 Å². The van der Waals surface area contributed by atoms with Crippen LogP contribution >= 0.6 is 0 Å². The number of carbonyl (C=O) groups is 2. The molecule has 10 heteroatoms. The van der Waals surface area contributed by atoms with Crippen molar-refractivity contribution < 1.29 is 18.4 Å². The second-order valence-electron chi connectivity index (χ2n) is 9.84. The second kappa shape index (κ2) is 7.22. The van der Waals surface area contributed by atoms with Crippen LogP contribution < -0.4 is 5.32 Å². The van der Waals surface area contributed by atoms with E-state index in [0.29, 0.717) is 30.0 Å². The molecule has 1 aliphatic heterocycles. The summed E-state index contributed by atoms with van der Waals surface area (Å²) in [5, 5.41) is 14.2. The number of hydrogen-bond acceptors (Lipinski definition) is 4. The van der Waals surface area contributed by atoms with Crippen LogP contribution in [-0.2, 0) is 17.6 Å². The van der Waals surface area contributed by atoms with Crippen LogP contribution in [0.15, 0.2) is 42.7 Å². The molecule has 3 aromatic rings. The van der Waals surface area contributed by atoms with Gasteiger partial charge in [-0.05, 0) is 12.0 Å². The molecular weight excluding hydrogens is 442 g/mol. The molecule has 2 aliphatic carbocycles. The van der Waals surface area contributed by atoms with Gasteiger partial charge in [-0.15, -0.1) is 0 Å². The number of nitrogens with one attached hydrogen (secondary N) is 2. The Morgan fingerprint density at radius 2 is 2.06 bits per heavy atom. The number of amides is 2. The topological polar surface area (TPSA) is 95.9 Å². The van der Waals surface area contributed by atoms with Gasteiger partial charge in [0.25, 0.3) is 11.8 Å². The number of rotatable bonds is 6. The fourth-order valence-corrected chi connectivity index (χ4v) is 5.67. The Balaban J connectivity index is 1.21. The van der Waals surface area contributed by atoms with E-state index in [9.17, 15) is 18.4 Å². The highest BCUT2D eigenvalue weighted by Crippen LogP contribution is 2.70. The van der Waals surface area contributed by atoms with Crippen LogP contribution in [0.25, 0.3) is 0 Å². The average Bonchev–Trinajstić information content (AvgIpc) is 3.22. The number of anilines is 1. The van der Waals surface area contributed by atoms with Crippen LogP contribution in [0.2, 0.25) is 0 Å². The van der Waals surface area contributed by atoms with Gasteiger partial charge in [-0.25, -0.2) is 8.78 Å². The molecule has 0 bridgehead atoms. The number of hydrogen-bond donors (Lipinski definition) is 2. The molecule has 34 heavy (non-hydrogen) atoms. The van der Waals surface area contributed by atoms with E-state index in [1.807, 2.05) is 30.3 Å². The highest BCUT2D eigenvalue weighted by Gasteiger charge is 2.78. The average molecular weight is 466 g/mol. The number of fused-ring (bicyclic) bond motifs is 2. The third-order valence-corrected chi connectivity index (χ3v) is 7.82. The van der Waals surface area contributed by atoms with Crippen molar-refractivity contribution in [3.05, 3.63) is 65.2 Å². The molecule has 3 aliphatic rings. The van der Waals surface area contributed by atoms with Gasteiger partial charge in [-0.3, -0.25) is 19.4 Å². The summed E-state index contributed by atoms with van der Waals surface area (Å²) in [6.45, 7) is 2.86. The summed E-state index contributed by atoms with van der Waals surface area (Å²) >= 11 is 0. The van der Waals surface area contributed by atoms with Crippen molar-refractivity contribution in [3.63, 3.8) is 0 Å². The van der Waals surface area contributed by atoms with E-state index in [0.717, 1.165) is 12.0 Å². The van der Waals surface area contributed by atoms with E-state index in [-0.39, 0.29) is 30.5 Å². The SMILES string of the molecule is CC12Cc3[nH]nc(C(=O)Nc4cnn(C(c5ccccc5)C5CN(C=O)C5)c4)c3CC1C2(F)F. The van der Waals surface area contributed by atoms with Crippen LogP contribution in [0.5, 0.6) is 0 Å². The Hall–Kier alpha value is -3.56. The van der Waals surface area contributed by atoms with Gasteiger partial charge < -0.3 is 10.2 Å². The quantitative estimate of drug-likeness (QED) is 0.546. The van der Waals surface area contributed by atoms with E-state index in [2.05, 4.69) is 20.6 Å². The number of benzene rings is 1. The first-order valence-electron chi connectivity index (χ1n) is 11.4. The molecule has 8 nitrogen and oxygen atoms in total. The first-order chi connectivity index (χ1) is 16.3. The van der Waals surface area contributed by atoms with Gasteiger partial charge in [-0.1, -0.05) is 37.3 Å². The van der Waals surface area contributed by atoms with Crippen molar-refractivity contribution in [2.24, 2.45) is 17.3 Å². The number of aromatic amines is 1. The number of alkyl halides is 2. The van der Waals surface area contributed by atoms with Crippen molar-refractivity contribution in [3.8, 4) is 0 Å². The molecule has 2 aromatic heterocycles. The zero-order valence-electron chi connectivity index (χ0n) is 18.5. The van der Waals surface area contributed by atoms with Gasteiger partial charge in [-0.2, -0.15) is 10.2 Å². The molecule has 0 spiro atoms. The standard InChI is InChI=1S/C24H24F2N6O2/c1-23-8-18-17(7-19(23)24(23,25)26)20(30-29-18)22(34)28-16-9-27-32(12-16)21(14-5-3-2-4-6-14)15-10-31(11-15)13-33/h2-6,9,12-13,15,19,21H,7-8,10-11H2,1H3,(H,28,34)(H,29,30). The Morgan fingerprint density at radius 3 is 2.79 bits per heavy atom. The maximum absolute atomic E-state index is 14.2. The maximum Gasteiger partial charge on any atom is 0.276 e. The van der Waals surface area contributed by atoms with E-state index >= 15 is 0 Å². The Kier molecular flexibility index (Phi) is 4.46. The van der Waals surface area contributed by atoms with Crippen molar-refractivity contribution in [2.45, 2.75) is 31.7 Å². The molecule has 1 aromatic carbocycles. The fourth-order valence-electron chi connectivity index (χ4n) is 5.67. The summed E-state index contributed by atoms with van der Waals surface area (Å²) in [4.78, 5) is 25.7. The summed E-state index contributed by atoms with van der Waals surface area (Å²) in [6, 6.07) is 9.81. The minimum Gasteiger partial charge on any atom is -0.344 e. The van der Waals surface area contributed by atoms with E-state index in [4.69, 9.17) is 0 Å². The van der Waals surface area contributed by atoms with Crippen LogP contribution in [0.3, 0.4) is 0 Å². The first kappa shape index (κ1) is 21.0. The molecule has 2 amide bonds. The molecular formula is C24H24F2N6O2. The number of carbonyl (C=O) groups excluding carboxylic acids is 2. The summed E-state index contributed by atoms with van der Waals surface area (Å²) in [5.41, 5.74) is 1.86. The highest BCUT2D eigenvalue weighted by atomic mass is 19.3. The van der Waals surface area contributed by atoms with E-state index in [1.54, 1.807) is 28.9 Å². The van der Waals surface area contributed by atoms with Crippen LogP contribution in [0, 0.1) is 17.3 Å². The molecule has 2 fully saturated rings. The number of aromatic nitrogens is 4. The van der Waals surface area contributed by atoms with Crippen LogP contribution in [-0.4, -0.2) is 56.2 Å². The third kappa shape index (κ3) is 3.00. The number of likely N-dealkylation sites (tertiary alicyclic amines) is 1. The minimum absolute atomic E-state index is 0.0871. The zero-order chi connectivity index (χ0) is 23.7. The monoisotopic (exact) mass is 466 g/mol. The molecule has 1 saturated carbocycles. The molecule has 176 valence electrons. The maximum atomic E-state index is 14.2. The minimum atomic E-state index is -2.71. The summed E-state index contributed by atoms with van der Waals surface area (Å²) in [5.74, 6) is -3.71. The summed E-state index contributed by atoms with van der Waals surface area (Å²) < 4.78 is 30.2. The number of H-pyrrole nitrogens is 1. The molecule has 3 atom stereocenters. The van der Waals surface area contributed by atoms with Gasteiger partial charge in [0.2, 0.25) is 6.41 Å². The smallest absolute Gasteiger partial charge is 0.276 e. The number of nitrogens with zero attached hydrogens (tertiary/aromatic N) is 4. The van der Waals surface area contributed by atoms with Crippen LogP contribution in [0.1, 0.15) is 40.3 Å². The summed E-state index contributed by atoms with van der Waals surface area (Å²) in [7, 11) is 0. The first-order valence-corrected chi connectivity index (χ1v) is 11.4. The fraction of sp³-hybridized carbons (Fsp3) is 0.417. The van der Waals surface area contributed by atoms with Crippen LogP contribution in [0.4, 0.5) is 14.5 Å². The largest absolute Gasteiger partial charge is 0.344 e. The Bertz CT molecular complexity index is 1270. The van der Waals surface area contributed by atoms with Crippen molar-refractivity contribution in [2.75, 3.05) is 18.4 Å². The number of halogens is 2. The van der Waals surface area contributed by atoms with Gasteiger partial charge in [0, 0.05) is 54.2 Å². The molecule has 3 unspecified atom stereocenters. The third-order valence-electron chi connectivity index (χ3n) is 7.82. The van der Waals surface area contributed by atoms with E-state index < -0.39 is 23.2 Å². The molecule has 2 N–H and O–H groups in total. The zero-order valence-corrected chi connectivity index (χ0v) is 18.5. The lowest BCUT2D eigenvalue weighted by Gasteiger charge is -2.41. The normalized spacial score (nSPS) is 25.6. The van der Waals surface area contributed by atoms with Gasteiger partial charge in [0.1, 0.15) is 0 Å². The molecule has 6 rings (SSSR count). The molecule has 3 heterocycles. The van der Waals surface area contributed by atoms with Gasteiger partial charge in [0.05, 0.1) is 17.9 Å². The van der Waals surface area contributed by atoms with Gasteiger partial charge >= 0.3 is 0 Å². The van der Waals surface area contributed by atoms with E-state index in [1.165, 1.54) is 0 Å². The lowest BCUT2D eigenvalue weighted by atomic mass is 9.87. The Labute approximate surface area is 194 Å². The predicted molar refractivity (Wildman–Crippen MR) is 118 cm³/mol. The molecule has 0 radical (unpaired) electrons. The van der Waals surface area contributed by atoms with Crippen molar-refractivity contribution in [1.82, 2.24) is 24.9 Å².